The lowest BCUT2D eigenvalue weighted by Crippen LogP contribution is -2.50. The molecule has 1 N–H and O–H groups in total. The normalized spacial score (nSPS) is 20.1. The molecular weight excluding hydrogens is 248 g/mol. The zero-order valence-electron chi connectivity index (χ0n) is 13.1. The van der Waals surface area contributed by atoms with Gasteiger partial charge in [0.25, 0.3) is 0 Å². The highest BCUT2D eigenvalue weighted by molar-refractivity contribution is 5.96. The topological polar surface area (TPSA) is 32.3 Å². The lowest BCUT2D eigenvalue weighted by atomic mass is 9.99. The first-order chi connectivity index (χ1) is 9.50. The summed E-state index contributed by atoms with van der Waals surface area (Å²) in [6.45, 7) is 9.46. The van der Waals surface area contributed by atoms with E-state index in [9.17, 15) is 4.79 Å². The van der Waals surface area contributed by atoms with Crippen LogP contribution in [0.2, 0.25) is 0 Å². The zero-order chi connectivity index (χ0) is 14.7. The van der Waals surface area contributed by atoms with Gasteiger partial charge in [-0.3, -0.25) is 9.69 Å². The lowest BCUT2D eigenvalue weighted by molar-refractivity contribution is -0.123. The monoisotopic (exact) mass is 274 g/mol. The van der Waals surface area contributed by atoms with E-state index < -0.39 is 0 Å². The average molecular weight is 274 g/mol. The van der Waals surface area contributed by atoms with Crippen LogP contribution in [0, 0.1) is 13.8 Å². The van der Waals surface area contributed by atoms with Crippen molar-refractivity contribution in [2.75, 3.05) is 11.9 Å². The van der Waals surface area contributed by atoms with Crippen LogP contribution in [0.3, 0.4) is 0 Å². The second-order valence-corrected chi connectivity index (χ2v) is 6.10. The molecule has 110 valence electrons. The number of amides is 1. The molecule has 1 atom stereocenters. The van der Waals surface area contributed by atoms with Gasteiger partial charge in [0, 0.05) is 11.7 Å². The van der Waals surface area contributed by atoms with Crippen LogP contribution in [0.15, 0.2) is 18.2 Å². The Bertz CT molecular complexity index is 462. The molecule has 0 aliphatic carbocycles. The highest BCUT2D eigenvalue weighted by atomic mass is 16.2. The van der Waals surface area contributed by atoms with E-state index in [4.69, 9.17) is 0 Å². The Kier molecular flexibility index (Phi) is 4.81. The molecule has 1 amide bonds. The van der Waals surface area contributed by atoms with Crippen molar-refractivity contribution in [3.63, 3.8) is 0 Å². The van der Waals surface area contributed by atoms with E-state index in [0.717, 1.165) is 36.2 Å². The van der Waals surface area contributed by atoms with Gasteiger partial charge >= 0.3 is 0 Å². The molecule has 3 nitrogen and oxygen atoms in total. The molecule has 0 saturated carbocycles. The smallest absolute Gasteiger partial charge is 0.241 e. The summed E-state index contributed by atoms with van der Waals surface area (Å²) in [6.07, 6.45) is 3.31. The second-order valence-electron chi connectivity index (χ2n) is 6.10. The number of hydrogen-bond acceptors (Lipinski definition) is 2. The predicted molar refractivity (Wildman–Crippen MR) is 84.0 cm³/mol. The molecule has 0 spiro atoms. The van der Waals surface area contributed by atoms with Gasteiger partial charge in [0.2, 0.25) is 5.91 Å². The van der Waals surface area contributed by atoms with Gasteiger partial charge in [-0.1, -0.05) is 24.6 Å². The van der Waals surface area contributed by atoms with Crippen LogP contribution >= 0.6 is 0 Å². The highest BCUT2D eigenvalue weighted by Gasteiger charge is 2.30. The second kappa shape index (κ2) is 6.40. The van der Waals surface area contributed by atoms with Crippen molar-refractivity contribution in [3.05, 3.63) is 29.3 Å². The molecule has 1 fully saturated rings. The first-order valence-electron chi connectivity index (χ1n) is 7.63. The fraction of sp³-hybridized carbons (Fsp3) is 0.588. The fourth-order valence-electron chi connectivity index (χ4n) is 3.07. The van der Waals surface area contributed by atoms with E-state index >= 15 is 0 Å². The third kappa shape index (κ3) is 3.21. The van der Waals surface area contributed by atoms with Gasteiger partial charge in [-0.15, -0.1) is 0 Å². The van der Waals surface area contributed by atoms with Crippen LogP contribution in [0.5, 0.6) is 0 Å². The summed E-state index contributed by atoms with van der Waals surface area (Å²) >= 11 is 0. The van der Waals surface area contributed by atoms with Crippen LogP contribution in [0.1, 0.15) is 44.2 Å². The van der Waals surface area contributed by atoms with Crippen molar-refractivity contribution >= 4 is 11.6 Å². The first kappa shape index (κ1) is 15.0. The number of nitrogens with zero attached hydrogens (tertiary/aromatic N) is 1. The molecule has 3 heteroatoms. The number of nitrogens with one attached hydrogen (secondary N) is 1. The van der Waals surface area contributed by atoms with E-state index in [-0.39, 0.29) is 11.9 Å². The summed E-state index contributed by atoms with van der Waals surface area (Å²) in [6, 6.07) is 6.56. The average Bonchev–Trinajstić information content (AvgIpc) is 2.43. The summed E-state index contributed by atoms with van der Waals surface area (Å²) < 4.78 is 0. The molecular formula is C17H26N2O. The number of para-hydroxylation sites is 1. The molecule has 1 saturated heterocycles. The Morgan fingerprint density at radius 2 is 1.90 bits per heavy atom. The Hall–Kier alpha value is -1.35. The number of piperidine rings is 1. The molecule has 1 aromatic carbocycles. The maximum absolute atomic E-state index is 12.6. The number of hydrogen-bond donors (Lipinski definition) is 1. The van der Waals surface area contributed by atoms with Crippen molar-refractivity contribution in [3.8, 4) is 0 Å². The molecule has 0 radical (unpaired) electrons. The van der Waals surface area contributed by atoms with Crippen molar-refractivity contribution in [1.82, 2.24) is 4.90 Å². The van der Waals surface area contributed by atoms with Crippen LogP contribution in [0.25, 0.3) is 0 Å². The van der Waals surface area contributed by atoms with Crippen LogP contribution < -0.4 is 5.32 Å². The zero-order valence-corrected chi connectivity index (χ0v) is 13.1. The number of likely N-dealkylation sites (tertiary alicyclic amines) is 1. The maximum Gasteiger partial charge on any atom is 0.241 e. The molecule has 1 aromatic rings. The number of anilines is 1. The van der Waals surface area contributed by atoms with E-state index in [0.29, 0.717) is 6.04 Å². The summed E-state index contributed by atoms with van der Waals surface area (Å²) in [5, 5.41) is 3.15. The molecule has 20 heavy (non-hydrogen) atoms. The summed E-state index contributed by atoms with van der Waals surface area (Å²) in [5.74, 6) is 0.149. The van der Waals surface area contributed by atoms with E-state index in [1.165, 1.54) is 6.42 Å². The van der Waals surface area contributed by atoms with Crippen LogP contribution in [0.4, 0.5) is 5.69 Å². The quantitative estimate of drug-likeness (QED) is 0.915. The molecule has 0 aromatic heterocycles. The van der Waals surface area contributed by atoms with Crippen LogP contribution in [-0.4, -0.2) is 29.4 Å². The Labute approximate surface area is 122 Å². The minimum absolute atomic E-state index is 0.0164. The van der Waals surface area contributed by atoms with Gasteiger partial charge in [-0.05, 0) is 58.2 Å². The summed E-state index contributed by atoms with van der Waals surface area (Å²) in [5.41, 5.74) is 3.24. The van der Waals surface area contributed by atoms with Crippen molar-refractivity contribution in [1.29, 1.82) is 0 Å². The number of rotatable bonds is 3. The van der Waals surface area contributed by atoms with Gasteiger partial charge in [0.15, 0.2) is 0 Å². The van der Waals surface area contributed by atoms with Crippen molar-refractivity contribution < 1.29 is 4.79 Å². The summed E-state index contributed by atoms with van der Waals surface area (Å²) in [7, 11) is 0. The lowest BCUT2D eigenvalue weighted by Gasteiger charge is -2.37. The van der Waals surface area contributed by atoms with E-state index in [1.54, 1.807) is 0 Å². The molecule has 0 unspecified atom stereocenters. The molecule has 2 rings (SSSR count). The Morgan fingerprint density at radius 1 is 1.25 bits per heavy atom. The van der Waals surface area contributed by atoms with Crippen molar-refractivity contribution in [2.45, 2.75) is 59.0 Å². The number of benzene rings is 1. The van der Waals surface area contributed by atoms with E-state index in [1.807, 2.05) is 32.0 Å². The van der Waals surface area contributed by atoms with Crippen LogP contribution in [-0.2, 0) is 4.79 Å². The third-order valence-electron chi connectivity index (χ3n) is 4.24. The van der Waals surface area contributed by atoms with Gasteiger partial charge in [0.1, 0.15) is 0 Å². The van der Waals surface area contributed by atoms with Gasteiger partial charge < -0.3 is 5.32 Å². The maximum atomic E-state index is 12.6. The molecule has 1 heterocycles. The SMILES string of the molecule is Cc1cccc(C)c1NC(=O)[C@@H]1CCCCN1C(C)C. The fourth-order valence-corrected chi connectivity index (χ4v) is 3.07. The highest BCUT2D eigenvalue weighted by Crippen LogP contribution is 2.24. The van der Waals surface area contributed by atoms with Gasteiger partial charge in [-0.2, -0.15) is 0 Å². The molecule has 0 bridgehead atoms. The number of aryl methyl sites for hydroxylation is 2. The standard InChI is InChI=1S/C17H26N2O/c1-12(2)19-11-6-5-10-15(19)17(20)18-16-13(3)8-7-9-14(16)4/h7-9,12,15H,5-6,10-11H2,1-4H3,(H,18,20)/t15-/m0/s1. The van der Waals surface area contributed by atoms with Gasteiger partial charge in [0.05, 0.1) is 6.04 Å². The first-order valence-corrected chi connectivity index (χ1v) is 7.63. The van der Waals surface area contributed by atoms with Crippen molar-refractivity contribution in [2.24, 2.45) is 0 Å². The Balaban J connectivity index is 2.14. The predicted octanol–water partition coefficient (Wildman–Crippen LogP) is 3.50. The number of carbonyl (C=O) groups excluding carboxylic acids is 1. The number of carbonyl (C=O) groups is 1. The summed E-state index contributed by atoms with van der Waals surface area (Å²) in [4.78, 5) is 15.0. The van der Waals surface area contributed by atoms with Gasteiger partial charge in [-0.25, -0.2) is 0 Å². The molecule has 1 aliphatic heterocycles. The minimum Gasteiger partial charge on any atom is -0.324 e. The van der Waals surface area contributed by atoms with E-state index in [2.05, 4.69) is 24.1 Å². The third-order valence-corrected chi connectivity index (χ3v) is 4.24. The minimum atomic E-state index is 0.0164. The molecule has 1 aliphatic rings. The largest absolute Gasteiger partial charge is 0.324 e. The Morgan fingerprint density at radius 3 is 2.50 bits per heavy atom.